The summed E-state index contributed by atoms with van der Waals surface area (Å²) in [5.74, 6) is 0.781. The van der Waals surface area contributed by atoms with Gasteiger partial charge in [0.1, 0.15) is 33.4 Å². The average Bonchev–Trinajstić information content (AvgIpc) is 3.41. The van der Waals surface area contributed by atoms with Crippen LogP contribution in [0.2, 0.25) is 0 Å². The largest absolute Gasteiger partial charge is 0.457 e. The van der Waals surface area contributed by atoms with Gasteiger partial charge in [-0.15, -0.1) is 11.3 Å². The predicted octanol–water partition coefficient (Wildman–Crippen LogP) is 6.67. The second-order valence-corrected chi connectivity index (χ2v) is 13.9. The number of rotatable bonds is 7. The number of amides is 5. The molecule has 1 unspecified atom stereocenters. The van der Waals surface area contributed by atoms with Crippen molar-refractivity contribution >= 4 is 62.6 Å². The van der Waals surface area contributed by atoms with Crippen molar-refractivity contribution in [1.82, 2.24) is 20.1 Å². The van der Waals surface area contributed by atoms with Crippen molar-refractivity contribution in [2.24, 2.45) is 0 Å². The molecule has 2 aliphatic rings. The third-order valence-electron chi connectivity index (χ3n) is 8.03. The Hall–Kier alpha value is -5.17. The number of pyridine rings is 1. The number of ether oxygens (including phenoxy) is 2. The summed E-state index contributed by atoms with van der Waals surface area (Å²) in [4.78, 5) is 62.7. The number of nitrogens with one attached hydrogen (secondary N) is 2. The third-order valence-corrected chi connectivity index (χ3v) is 9.12. The maximum atomic E-state index is 13.7. The Bertz CT molecular complexity index is 1890. The molecule has 48 heavy (non-hydrogen) atoms. The van der Waals surface area contributed by atoms with E-state index in [1.54, 1.807) is 42.8 Å². The molecule has 2 aromatic heterocycles. The van der Waals surface area contributed by atoms with Crippen molar-refractivity contribution in [3.63, 3.8) is 0 Å². The number of hydrogen-bond acceptors (Lipinski definition) is 8. The van der Waals surface area contributed by atoms with E-state index in [2.05, 4.69) is 15.6 Å². The van der Waals surface area contributed by atoms with E-state index in [0.29, 0.717) is 69.6 Å². The van der Waals surface area contributed by atoms with Gasteiger partial charge >= 0.3 is 12.1 Å². The molecule has 1 fully saturated rings. The Morgan fingerprint density at radius 2 is 1.85 bits per heavy atom. The minimum absolute atomic E-state index is 0.130. The Kier molecular flexibility index (Phi) is 8.97. The summed E-state index contributed by atoms with van der Waals surface area (Å²) in [6.45, 7) is 7.92. The highest BCUT2D eigenvalue weighted by Crippen LogP contribution is 2.46. The van der Waals surface area contributed by atoms with Crippen LogP contribution in [0.1, 0.15) is 48.8 Å². The highest BCUT2D eigenvalue weighted by atomic mass is 32.1. The van der Waals surface area contributed by atoms with Gasteiger partial charge in [0, 0.05) is 32.4 Å². The maximum absolute atomic E-state index is 13.7. The number of aromatic nitrogens is 1. The number of nitrogens with zero attached hydrogens (tertiary/aromatic N) is 4. The molecule has 0 bridgehead atoms. The summed E-state index contributed by atoms with van der Waals surface area (Å²) in [6.07, 6.45) is 2.43. The van der Waals surface area contributed by atoms with Crippen molar-refractivity contribution in [3.05, 3.63) is 71.2 Å². The number of benzene rings is 2. The van der Waals surface area contributed by atoms with Gasteiger partial charge in [-0.25, -0.2) is 14.6 Å². The van der Waals surface area contributed by atoms with E-state index in [1.165, 1.54) is 23.3 Å². The number of carbonyl (C=O) groups is 4. The zero-order valence-corrected chi connectivity index (χ0v) is 28.3. The standard InChI is InChI=1S/C35H38N6O6S/c1-21-18-24(46-23-11-7-6-8-12-23)13-14-25(21)41-26-15-16-36-32-28(26)29(38-33(41)44)30(48-32)31(43)37-22-10-9-17-40(19-22)27(42)20-39(5)34(45)47-35(2,3)4/h6-8,11-16,18,22H,9-10,17,19-20H2,1-5H3,(H,37,43)(H,38,44). The minimum Gasteiger partial charge on any atom is -0.457 e. The van der Waals surface area contributed by atoms with E-state index in [1.807, 2.05) is 55.5 Å². The van der Waals surface area contributed by atoms with E-state index in [0.717, 1.165) is 5.56 Å². The van der Waals surface area contributed by atoms with Crippen molar-refractivity contribution in [2.75, 3.05) is 36.9 Å². The fourth-order valence-electron chi connectivity index (χ4n) is 5.83. The second-order valence-electron chi connectivity index (χ2n) is 12.9. The zero-order chi connectivity index (χ0) is 34.2. The van der Waals surface area contributed by atoms with Gasteiger partial charge in [-0.1, -0.05) is 18.2 Å². The highest BCUT2D eigenvalue weighted by Gasteiger charge is 2.35. The van der Waals surface area contributed by atoms with E-state index < -0.39 is 17.7 Å². The topological polar surface area (TPSA) is 133 Å². The lowest BCUT2D eigenvalue weighted by atomic mass is 10.0. The van der Waals surface area contributed by atoms with Gasteiger partial charge in [-0.05, 0) is 82.5 Å². The molecule has 6 rings (SSSR count). The van der Waals surface area contributed by atoms with Gasteiger partial charge in [0.15, 0.2) is 0 Å². The number of hydrogen-bond donors (Lipinski definition) is 2. The van der Waals surface area contributed by atoms with Crippen molar-refractivity contribution in [2.45, 2.75) is 52.2 Å². The number of anilines is 3. The third kappa shape index (κ3) is 6.91. The fraction of sp³-hybridized carbons (Fsp3) is 0.343. The Labute approximate surface area is 282 Å². The van der Waals surface area contributed by atoms with Crippen LogP contribution in [-0.2, 0) is 9.53 Å². The molecule has 4 heterocycles. The van der Waals surface area contributed by atoms with Crippen LogP contribution < -0.4 is 20.3 Å². The lowest BCUT2D eigenvalue weighted by Crippen LogP contribution is -2.52. The predicted molar refractivity (Wildman–Crippen MR) is 184 cm³/mol. The number of aryl methyl sites for hydroxylation is 1. The van der Waals surface area contributed by atoms with Gasteiger partial charge in [0.25, 0.3) is 5.91 Å². The molecule has 4 aromatic rings. The number of urea groups is 1. The van der Waals surface area contributed by atoms with Crippen LogP contribution in [0.5, 0.6) is 11.5 Å². The number of thiophene rings is 1. The summed E-state index contributed by atoms with van der Waals surface area (Å²) in [6, 6.07) is 16.1. The van der Waals surface area contributed by atoms with Gasteiger partial charge in [0.05, 0.1) is 22.4 Å². The molecule has 2 aliphatic heterocycles. The molecule has 5 amide bonds. The van der Waals surface area contributed by atoms with E-state index in [4.69, 9.17) is 9.47 Å². The molecule has 13 heteroatoms. The van der Waals surface area contributed by atoms with E-state index in [-0.39, 0.29) is 24.4 Å². The van der Waals surface area contributed by atoms with Crippen molar-refractivity contribution in [1.29, 1.82) is 0 Å². The van der Waals surface area contributed by atoms with Crippen LogP contribution in [0.15, 0.2) is 60.8 Å². The first-order valence-electron chi connectivity index (χ1n) is 15.8. The molecule has 2 N–H and O–H groups in total. The lowest BCUT2D eigenvalue weighted by molar-refractivity contribution is -0.133. The summed E-state index contributed by atoms with van der Waals surface area (Å²) in [5.41, 5.74) is 1.87. The first-order valence-corrected chi connectivity index (χ1v) is 16.6. The SMILES string of the molecule is Cc1cc(Oc2ccccc2)ccc1N1C(=O)Nc2c(C(=O)NC3CCCN(C(=O)CN(C)C(=O)OC(C)(C)C)C3)sc3nccc1c23. The van der Waals surface area contributed by atoms with Gasteiger partial charge in [0.2, 0.25) is 5.91 Å². The first kappa shape index (κ1) is 32.8. The molecule has 250 valence electrons. The van der Waals surface area contributed by atoms with Crippen LogP contribution in [0.25, 0.3) is 10.2 Å². The number of likely N-dealkylation sites (tertiary alicyclic amines) is 1. The van der Waals surface area contributed by atoms with Crippen LogP contribution in [-0.4, -0.2) is 77.0 Å². The number of likely N-dealkylation sites (N-methyl/N-ethyl adjacent to an activating group) is 1. The molecule has 1 saturated heterocycles. The molecule has 12 nitrogen and oxygen atoms in total. The quantitative estimate of drug-likeness (QED) is 0.224. The zero-order valence-electron chi connectivity index (χ0n) is 27.5. The monoisotopic (exact) mass is 670 g/mol. The second kappa shape index (κ2) is 13.1. The highest BCUT2D eigenvalue weighted by molar-refractivity contribution is 7.21. The summed E-state index contributed by atoms with van der Waals surface area (Å²) in [7, 11) is 1.52. The van der Waals surface area contributed by atoms with Crippen LogP contribution in [0, 0.1) is 6.92 Å². The molecule has 0 saturated carbocycles. The van der Waals surface area contributed by atoms with Crippen LogP contribution >= 0.6 is 11.3 Å². The fourth-order valence-corrected chi connectivity index (χ4v) is 6.85. The number of carbonyl (C=O) groups excluding carboxylic acids is 4. The lowest BCUT2D eigenvalue weighted by Gasteiger charge is -2.34. The van der Waals surface area contributed by atoms with Gasteiger partial charge < -0.3 is 29.9 Å². The summed E-state index contributed by atoms with van der Waals surface area (Å²) >= 11 is 1.21. The maximum Gasteiger partial charge on any atom is 0.410 e. The first-order chi connectivity index (χ1) is 22.9. The van der Waals surface area contributed by atoms with Gasteiger partial charge in [-0.2, -0.15) is 0 Å². The van der Waals surface area contributed by atoms with Crippen molar-refractivity contribution < 1.29 is 28.7 Å². The Morgan fingerprint density at radius 3 is 2.58 bits per heavy atom. The normalized spacial score (nSPS) is 15.9. The molecule has 1 atom stereocenters. The summed E-state index contributed by atoms with van der Waals surface area (Å²) < 4.78 is 11.3. The van der Waals surface area contributed by atoms with Gasteiger partial charge in [-0.3, -0.25) is 14.5 Å². The Balaban J connectivity index is 1.17. The minimum atomic E-state index is -0.669. The molecule has 2 aromatic carbocycles. The Morgan fingerprint density at radius 1 is 1.08 bits per heavy atom. The number of para-hydroxylation sites is 1. The van der Waals surface area contributed by atoms with Crippen LogP contribution in [0.4, 0.5) is 26.7 Å². The smallest absolute Gasteiger partial charge is 0.410 e. The molecule has 0 spiro atoms. The van der Waals surface area contributed by atoms with Crippen LogP contribution in [0.3, 0.4) is 0 Å². The molecular weight excluding hydrogens is 632 g/mol. The average molecular weight is 671 g/mol. The van der Waals surface area contributed by atoms with E-state index >= 15 is 0 Å². The molecular formula is C35H38N6O6S. The van der Waals surface area contributed by atoms with Crippen molar-refractivity contribution in [3.8, 4) is 11.5 Å². The number of piperidine rings is 1. The molecule has 0 radical (unpaired) electrons. The molecule has 0 aliphatic carbocycles. The summed E-state index contributed by atoms with van der Waals surface area (Å²) in [5, 5.41) is 6.70. The van der Waals surface area contributed by atoms with E-state index in [9.17, 15) is 19.2 Å².